The van der Waals surface area contributed by atoms with Crippen LogP contribution in [0.4, 0.5) is 11.4 Å². The van der Waals surface area contributed by atoms with E-state index >= 15 is 0 Å². The lowest BCUT2D eigenvalue weighted by atomic mass is 10.1. The molecule has 1 aromatic rings. The Morgan fingerprint density at radius 3 is 2.90 bits per heavy atom. The van der Waals surface area contributed by atoms with E-state index in [4.69, 9.17) is 10.5 Å². The first kappa shape index (κ1) is 15.6. The first-order chi connectivity index (χ1) is 9.89. The summed E-state index contributed by atoms with van der Waals surface area (Å²) in [5.74, 6) is 0.572. The predicted octanol–water partition coefficient (Wildman–Crippen LogP) is 1.06. The molecule has 0 bridgehead atoms. The van der Waals surface area contributed by atoms with Crippen LogP contribution in [0.3, 0.4) is 0 Å². The van der Waals surface area contributed by atoms with Gasteiger partial charge in [0.25, 0.3) is 0 Å². The third kappa shape index (κ3) is 4.34. The molecule has 1 aliphatic rings. The highest BCUT2D eigenvalue weighted by Crippen LogP contribution is 2.24. The highest BCUT2D eigenvalue weighted by molar-refractivity contribution is 5.94. The van der Waals surface area contributed by atoms with Crippen LogP contribution in [0.2, 0.25) is 0 Å². The van der Waals surface area contributed by atoms with Gasteiger partial charge in [-0.05, 0) is 25.5 Å². The van der Waals surface area contributed by atoms with Crippen molar-refractivity contribution in [3.8, 4) is 5.75 Å². The fraction of sp³-hybridized carbons (Fsp3) is 0.533. The summed E-state index contributed by atoms with van der Waals surface area (Å²) in [6, 6.07) is 5.16. The Balaban J connectivity index is 1.82. The number of methoxy groups -OCH3 is 1. The van der Waals surface area contributed by atoms with Crippen molar-refractivity contribution >= 4 is 17.3 Å². The Hall–Kier alpha value is -1.79. The summed E-state index contributed by atoms with van der Waals surface area (Å²) in [6.07, 6.45) is 1.13. The van der Waals surface area contributed by atoms with Crippen molar-refractivity contribution in [1.82, 2.24) is 4.90 Å². The van der Waals surface area contributed by atoms with E-state index in [1.807, 2.05) is 6.92 Å². The molecule has 0 spiro atoms. The maximum Gasteiger partial charge on any atom is 0.225 e. The molecular weight excluding hydrogens is 270 g/mol. The topological polar surface area (TPSA) is 87.8 Å². The molecule has 2 rings (SSSR count). The molecule has 1 saturated heterocycles. The van der Waals surface area contributed by atoms with Crippen molar-refractivity contribution in [1.29, 1.82) is 0 Å². The van der Waals surface area contributed by atoms with E-state index in [2.05, 4.69) is 10.2 Å². The van der Waals surface area contributed by atoms with Crippen LogP contribution in [0.5, 0.6) is 5.75 Å². The summed E-state index contributed by atoms with van der Waals surface area (Å²) in [6.45, 7) is 3.90. The van der Waals surface area contributed by atoms with Crippen molar-refractivity contribution in [3.05, 3.63) is 18.2 Å². The largest absolute Gasteiger partial charge is 0.497 e. The number of carbonyl (C=O) groups is 1. The molecule has 21 heavy (non-hydrogen) atoms. The van der Waals surface area contributed by atoms with E-state index in [9.17, 15) is 9.90 Å². The number of ether oxygens (including phenoxy) is 1. The molecule has 1 amide bonds. The normalized spacial score (nSPS) is 22.2. The first-order valence-corrected chi connectivity index (χ1v) is 7.08. The van der Waals surface area contributed by atoms with Crippen LogP contribution in [0, 0.1) is 0 Å². The van der Waals surface area contributed by atoms with Crippen LogP contribution in [-0.4, -0.2) is 48.3 Å². The van der Waals surface area contributed by atoms with E-state index < -0.39 is 5.60 Å². The van der Waals surface area contributed by atoms with E-state index in [0.717, 1.165) is 13.0 Å². The van der Waals surface area contributed by atoms with Crippen molar-refractivity contribution in [3.63, 3.8) is 0 Å². The average Bonchev–Trinajstić information content (AvgIpc) is 2.78. The molecule has 0 aliphatic carbocycles. The maximum absolute atomic E-state index is 12.0. The standard InChI is InChI=1S/C15H23N3O3/c1-15(20)6-8-18(10-15)7-5-14(19)17-13-4-3-11(21-2)9-12(13)16/h3-4,9,20H,5-8,10,16H2,1-2H3,(H,17,19). The molecule has 1 atom stereocenters. The minimum absolute atomic E-state index is 0.0848. The number of hydrogen-bond donors (Lipinski definition) is 3. The molecule has 1 aliphatic heterocycles. The number of rotatable bonds is 5. The molecule has 1 unspecified atom stereocenters. The highest BCUT2D eigenvalue weighted by Gasteiger charge is 2.31. The summed E-state index contributed by atoms with van der Waals surface area (Å²) in [7, 11) is 1.57. The lowest BCUT2D eigenvalue weighted by molar-refractivity contribution is -0.116. The van der Waals surface area contributed by atoms with Crippen LogP contribution in [0.15, 0.2) is 18.2 Å². The minimum atomic E-state index is -0.628. The van der Waals surface area contributed by atoms with E-state index in [1.165, 1.54) is 0 Å². The van der Waals surface area contributed by atoms with Gasteiger partial charge < -0.3 is 20.9 Å². The number of carbonyl (C=O) groups excluding carboxylic acids is 1. The van der Waals surface area contributed by atoms with Crippen molar-refractivity contribution < 1.29 is 14.6 Å². The SMILES string of the molecule is COc1ccc(NC(=O)CCN2CCC(C)(O)C2)c(N)c1. The molecule has 116 valence electrons. The van der Waals surface area contributed by atoms with Crippen molar-refractivity contribution in [2.75, 3.05) is 37.8 Å². The number of anilines is 2. The van der Waals surface area contributed by atoms with Gasteiger partial charge in [0.05, 0.1) is 24.1 Å². The second kappa shape index (κ2) is 6.32. The van der Waals surface area contributed by atoms with Gasteiger partial charge in [-0.2, -0.15) is 0 Å². The summed E-state index contributed by atoms with van der Waals surface area (Å²) in [5.41, 5.74) is 6.30. The zero-order chi connectivity index (χ0) is 15.5. The number of amides is 1. The fourth-order valence-corrected chi connectivity index (χ4v) is 2.48. The number of β-amino-alcohol motifs (C(OH)–C–C–N with tert-alkyl or cyclic N) is 1. The summed E-state index contributed by atoms with van der Waals surface area (Å²) in [4.78, 5) is 14.0. The third-order valence-electron chi connectivity index (χ3n) is 3.72. The lowest BCUT2D eigenvalue weighted by Gasteiger charge is -2.18. The number of benzene rings is 1. The van der Waals surface area contributed by atoms with Crippen LogP contribution in [0.25, 0.3) is 0 Å². The highest BCUT2D eigenvalue weighted by atomic mass is 16.5. The monoisotopic (exact) mass is 293 g/mol. The van der Waals surface area contributed by atoms with Gasteiger partial charge >= 0.3 is 0 Å². The number of nitrogen functional groups attached to an aromatic ring is 1. The molecule has 0 radical (unpaired) electrons. The zero-order valence-electron chi connectivity index (χ0n) is 12.6. The average molecular weight is 293 g/mol. The second-order valence-electron chi connectivity index (χ2n) is 5.77. The molecular formula is C15H23N3O3. The number of aliphatic hydroxyl groups is 1. The molecule has 1 fully saturated rings. The smallest absolute Gasteiger partial charge is 0.225 e. The van der Waals surface area contributed by atoms with Gasteiger partial charge in [-0.1, -0.05) is 0 Å². The quantitative estimate of drug-likeness (QED) is 0.707. The first-order valence-electron chi connectivity index (χ1n) is 7.08. The van der Waals surface area contributed by atoms with Gasteiger partial charge in [0.1, 0.15) is 5.75 Å². The molecule has 6 nitrogen and oxygen atoms in total. The molecule has 1 aromatic carbocycles. The fourth-order valence-electron chi connectivity index (χ4n) is 2.48. The van der Waals surface area contributed by atoms with Crippen LogP contribution >= 0.6 is 0 Å². The molecule has 6 heteroatoms. The van der Waals surface area contributed by atoms with E-state index in [1.54, 1.807) is 25.3 Å². The Morgan fingerprint density at radius 1 is 1.57 bits per heavy atom. The van der Waals surface area contributed by atoms with Gasteiger partial charge in [0, 0.05) is 32.1 Å². The van der Waals surface area contributed by atoms with E-state index in [0.29, 0.717) is 36.6 Å². The molecule has 0 saturated carbocycles. The number of likely N-dealkylation sites (tertiary alicyclic amines) is 1. The van der Waals surface area contributed by atoms with Crippen LogP contribution in [0.1, 0.15) is 19.8 Å². The third-order valence-corrected chi connectivity index (χ3v) is 3.72. The van der Waals surface area contributed by atoms with Crippen LogP contribution in [-0.2, 0) is 4.79 Å². The van der Waals surface area contributed by atoms with Crippen molar-refractivity contribution in [2.45, 2.75) is 25.4 Å². The molecule has 1 heterocycles. The predicted molar refractivity (Wildman–Crippen MR) is 82.3 cm³/mol. The zero-order valence-corrected chi connectivity index (χ0v) is 12.6. The van der Waals surface area contributed by atoms with Crippen molar-refractivity contribution in [2.24, 2.45) is 0 Å². The molecule has 4 N–H and O–H groups in total. The summed E-state index contributed by atoms with van der Waals surface area (Å²) >= 11 is 0. The summed E-state index contributed by atoms with van der Waals surface area (Å²) in [5, 5.41) is 12.7. The number of hydrogen-bond acceptors (Lipinski definition) is 5. The van der Waals surface area contributed by atoms with Gasteiger partial charge in [-0.15, -0.1) is 0 Å². The van der Waals surface area contributed by atoms with Gasteiger partial charge in [0.2, 0.25) is 5.91 Å². The second-order valence-corrected chi connectivity index (χ2v) is 5.77. The minimum Gasteiger partial charge on any atom is -0.497 e. The van der Waals surface area contributed by atoms with Gasteiger partial charge in [-0.25, -0.2) is 0 Å². The molecule has 0 aromatic heterocycles. The maximum atomic E-state index is 12.0. The van der Waals surface area contributed by atoms with Gasteiger partial charge in [0.15, 0.2) is 0 Å². The Kier molecular flexibility index (Phi) is 4.69. The van der Waals surface area contributed by atoms with E-state index in [-0.39, 0.29) is 5.91 Å². The Bertz CT molecular complexity index is 517. The Labute approximate surface area is 124 Å². The summed E-state index contributed by atoms with van der Waals surface area (Å²) < 4.78 is 5.07. The Morgan fingerprint density at radius 2 is 2.33 bits per heavy atom. The number of nitrogens with zero attached hydrogens (tertiary/aromatic N) is 1. The van der Waals surface area contributed by atoms with Crippen LogP contribution < -0.4 is 15.8 Å². The number of nitrogens with one attached hydrogen (secondary N) is 1. The van der Waals surface area contributed by atoms with Gasteiger partial charge in [-0.3, -0.25) is 9.69 Å². The lowest BCUT2D eigenvalue weighted by Crippen LogP contribution is -2.31. The number of nitrogens with two attached hydrogens (primary N) is 1.